The monoisotopic (exact) mass is 794 g/mol. The zero-order valence-electron chi connectivity index (χ0n) is 27.0. The summed E-state index contributed by atoms with van der Waals surface area (Å²) in [5.74, 6) is 8.78. The zero-order chi connectivity index (χ0) is 39.8. The van der Waals surface area contributed by atoms with Crippen LogP contribution in [0.2, 0.25) is 0 Å². The number of hydrogen-bond acceptors (Lipinski definition) is 10. The summed E-state index contributed by atoms with van der Waals surface area (Å²) in [4.78, 5) is 26.0. The number of Topliss-reactive ketones (excluding diaryl/α,β-unsaturated/α-hetero) is 2. The fraction of sp³-hybridized carbons (Fsp3) is 0.176. The van der Waals surface area contributed by atoms with Gasteiger partial charge in [-0.1, -0.05) is 72.8 Å². The van der Waals surface area contributed by atoms with Crippen LogP contribution in [-0.2, 0) is 42.1 Å². The number of carbonyl (C=O) groups excluding carboxylic acids is 2. The van der Waals surface area contributed by atoms with Crippen LogP contribution in [0, 0.1) is 0 Å². The molecule has 0 bridgehead atoms. The van der Waals surface area contributed by atoms with E-state index in [0.29, 0.717) is 24.3 Å². The Balaban J connectivity index is 1.65. The molecule has 0 spiro atoms. The molecule has 4 aromatic rings. The van der Waals surface area contributed by atoms with Crippen LogP contribution in [0.15, 0.2) is 95.1 Å². The summed E-state index contributed by atoms with van der Waals surface area (Å²) in [6, 6.07) is 12.7. The van der Waals surface area contributed by atoms with Crippen molar-refractivity contribution in [2.45, 2.75) is 34.7 Å². The molecule has 0 aromatic heterocycles. The van der Waals surface area contributed by atoms with Gasteiger partial charge < -0.3 is 11.7 Å². The third-order valence-electron chi connectivity index (χ3n) is 9.62. The van der Waals surface area contributed by atoms with Gasteiger partial charge in [-0.25, -0.2) is 0 Å². The second kappa shape index (κ2) is 12.6. The quantitative estimate of drug-likeness (QED) is 0.0866. The predicted octanol–water partition coefficient (Wildman–Crippen LogP) is 5.46. The van der Waals surface area contributed by atoms with Crippen LogP contribution < -0.4 is 11.7 Å². The van der Waals surface area contributed by atoms with E-state index in [1.54, 1.807) is 0 Å². The lowest BCUT2D eigenvalue weighted by Crippen LogP contribution is -2.46. The summed E-state index contributed by atoms with van der Waals surface area (Å²) >= 11 is 0. The Morgan fingerprint density at radius 1 is 0.556 bits per heavy atom. The fourth-order valence-corrected chi connectivity index (χ4v) is 9.71. The Kier molecular flexibility index (Phi) is 8.91. The van der Waals surface area contributed by atoms with E-state index < -0.39 is 134 Å². The molecule has 2 aliphatic rings. The summed E-state index contributed by atoms with van der Waals surface area (Å²) in [7, 11) is -11.3. The van der Waals surface area contributed by atoms with Gasteiger partial charge in [-0.2, -0.15) is 53.4 Å². The molecule has 0 saturated heterocycles. The highest BCUT2D eigenvalue weighted by Crippen LogP contribution is 2.52. The molecular weight excluding hydrogens is 771 g/mol. The van der Waals surface area contributed by atoms with Crippen molar-refractivity contribution in [3.63, 3.8) is 0 Å². The largest absolute Gasteiger partial charge is 0.416 e. The van der Waals surface area contributed by atoms with E-state index in [1.807, 2.05) is 0 Å². The van der Waals surface area contributed by atoms with Gasteiger partial charge in [-0.05, 0) is 45.5 Å². The molecule has 0 heterocycles. The maximum absolute atomic E-state index is 15.0. The lowest BCUT2D eigenvalue weighted by Gasteiger charge is -2.38. The van der Waals surface area contributed by atoms with Crippen LogP contribution in [0.1, 0.15) is 66.9 Å². The highest BCUT2D eigenvalue weighted by molar-refractivity contribution is 7.87. The zero-order valence-corrected chi connectivity index (χ0v) is 28.6. The molecule has 0 fully saturated rings. The van der Waals surface area contributed by atoms with E-state index in [-0.39, 0.29) is 0 Å². The standard InChI is InChI=1S/C34H24F6N4O8S2/c35-33(36,37)25-13-17(9-11-23(25)31(53(47,48)49)15-27(43-41)29(45)19-5-1-3-7-21(19)31)18-10-12-24(26(14-18)34(38,39)40)32(54(50,51)52)16-28(44-42)30(46)20-6-2-4-8-22(20)32/h1-14H,15-16,41-42H2,(H,47,48,49)(H,50,51,52). The number of benzene rings is 4. The van der Waals surface area contributed by atoms with Crippen LogP contribution >= 0.6 is 0 Å². The normalized spacial score (nSPS) is 22.3. The molecule has 12 nitrogen and oxygen atoms in total. The van der Waals surface area contributed by atoms with Crippen molar-refractivity contribution in [1.82, 2.24) is 0 Å². The molecule has 2 atom stereocenters. The highest BCUT2D eigenvalue weighted by atomic mass is 32.2. The van der Waals surface area contributed by atoms with E-state index >= 15 is 0 Å². The summed E-state index contributed by atoms with van der Waals surface area (Å²) < 4.78 is 158. The Morgan fingerprint density at radius 3 is 1.19 bits per heavy atom. The Morgan fingerprint density at radius 2 is 0.889 bits per heavy atom. The molecule has 20 heteroatoms. The molecule has 4 aromatic carbocycles. The first-order chi connectivity index (χ1) is 25.0. The average molecular weight is 795 g/mol. The van der Waals surface area contributed by atoms with Crippen LogP contribution in [0.4, 0.5) is 26.3 Å². The van der Waals surface area contributed by atoms with Crippen LogP contribution in [0.5, 0.6) is 0 Å². The third-order valence-corrected chi connectivity index (χ3v) is 12.5. The van der Waals surface area contributed by atoms with E-state index in [9.17, 15) is 61.9 Å². The van der Waals surface area contributed by atoms with Crippen molar-refractivity contribution in [2.75, 3.05) is 0 Å². The smallest absolute Gasteiger partial charge is 0.323 e. The van der Waals surface area contributed by atoms with Gasteiger partial charge in [0.05, 0.1) is 11.1 Å². The molecule has 0 aliphatic heterocycles. The number of ketones is 2. The van der Waals surface area contributed by atoms with E-state index in [0.717, 1.165) is 36.4 Å². The molecule has 0 saturated carbocycles. The predicted molar refractivity (Wildman–Crippen MR) is 181 cm³/mol. The second-order valence-electron chi connectivity index (χ2n) is 12.4. The van der Waals surface area contributed by atoms with Crippen molar-refractivity contribution in [1.29, 1.82) is 0 Å². The molecule has 6 rings (SSSR count). The van der Waals surface area contributed by atoms with Gasteiger partial charge in [0.1, 0.15) is 11.4 Å². The van der Waals surface area contributed by atoms with Gasteiger partial charge in [0, 0.05) is 24.0 Å². The van der Waals surface area contributed by atoms with Crippen molar-refractivity contribution in [2.24, 2.45) is 21.9 Å². The second-order valence-corrected chi connectivity index (χ2v) is 15.7. The molecule has 6 N–H and O–H groups in total. The lowest BCUT2D eigenvalue weighted by molar-refractivity contribution is -0.139. The number of fused-ring (bicyclic) bond motifs is 2. The first-order valence-corrected chi connectivity index (χ1v) is 18.1. The number of hydrogen-bond donors (Lipinski definition) is 4. The summed E-state index contributed by atoms with van der Waals surface area (Å²) in [5, 5.41) is 6.52. The maximum atomic E-state index is 15.0. The van der Waals surface area contributed by atoms with Gasteiger partial charge >= 0.3 is 12.4 Å². The molecule has 0 radical (unpaired) electrons. The molecule has 2 unspecified atom stereocenters. The van der Waals surface area contributed by atoms with Crippen molar-refractivity contribution >= 4 is 43.2 Å². The first-order valence-electron chi connectivity index (χ1n) is 15.2. The van der Waals surface area contributed by atoms with Crippen LogP contribution in [0.25, 0.3) is 11.1 Å². The molecule has 282 valence electrons. The minimum Gasteiger partial charge on any atom is -0.323 e. The number of alkyl halides is 6. The average Bonchev–Trinajstić information content (AvgIpc) is 3.10. The van der Waals surface area contributed by atoms with Gasteiger partial charge in [0.25, 0.3) is 20.2 Å². The van der Waals surface area contributed by atoms with Gasteiger partial charge in [-0.3, -0.25) is 18.7 Å². The summed E-state index contributed by atoms with van der Waals surface area (Å²) in [5.41, 5.74) is -10.3. The number of rotatable bonds is 5. The maximum Gasteiger partial charge on any atom is 0.416 e. The SMILES string of the molecule is NN=C1CC(c2ccc(-c3ccc(C4(S(=O)(=O)O)CC(=NN)C(=O)c5ccccc54)c(C(F)(F)F)c3)cc2C(F)(F)F)(S(=O)(=O)O)c2ccccc2C1=O. The number of nitrogens with zero attached hydrogens (tertiary/aromatic N) is 2. The van der Waals surface area contributed by atoms with Gasteiger partial charge in [0.2, 0.25) is 11.6 Å². The van der Waals surface area contributed by atoms with Crippen LogP contribution in [0.3, 0.4) is 0 Å². The molecule has 2 aliphatic carbocycles. The highest BCUT2D eigenvalue weighted by Gasteiger charge is 2.58. The van der Waals surface area contributed by atoms with Crippen molar-refractivity contribution < 1.29 is 61.9 Å². The minimum atomic E-state index is -5.64. The molecule has 0 amide bonds. The Labute approximate surface area is 301 Å². The van der Waals surface area contributed by atoms with Crippen molar-refractivity contribution in [3.05, 3.63) is 129 Å². The summed E-state index contributed by atoms with van der Waals surface area (Å²) in [6.45, 7) is 0. The number of halogens is 6. The topological polar surface area (TPSA) is 220 Å². The van der Waals surface area contributed by atoms with Gasteiger partial charge in [0.15, 0.2) is 9.49 Å². The minimum absolute atomic E-state index is 0.321. The Hall–Kier alpha value is -5.44. The van der Waals surface area contributed by atoms with Crippen molar-refractivity contribution in [3.8, 4) is 11.1 Å². The van der Waals surface area contributed by atoms with Crippen LogP contribution in [-0.4, -0.2) is 48.9 Å². The third kappa shape index (κ3) is 5.67. The van der Waals surface area contributed by atoms with E-state index in [1.165, 1.54) is 24.3 Å². The van der Waals surface area contributed by atoms with E-state index in [2.05, 4.69) is 10.2 Å². The molecule has 54 heavy (non-hydrogen) atoms. The number of hydrazone groups is 2. The number of nitrogens with two attached hydrogens (primary N) is 2. The van der Waals surface area contributed by atoms with E-state index in [4.69, 9.17) is 11.7 Å². The fourth-order valence-electron chi connectivity index (χ4n) is 7.25. The van der Waals surface area contributed by atoms with Gasteiger partial charge in [-0.15, -0.1) is 0 Å². The first kappa shape index (κ1) is 38.3. The number of carbonyl (C=O) groups is 2. The lowest BCUT2D eigenvalue weighted by atomic mass is 9.74. The summed E-state index contributed by atoms with van der Waals surface area (Å²) in [6.07, 6.45) is -13.2. The Bertz CT molecular complexity index is 2400. The molecular formula is C34H24F6N4O8S2.